The van der Waals surface area contributed by atoms with Gasteiger partial charge in [-0.25, -0.2) is 4.98 Å². The van der Waals surface area contributed by atoms with E-state index in [0.717, 1.165) is 5.56 Å². The van der Waals surface area contributed by atoms with Crippen LogP contribution in [0.1, 0.15) is 17.3 Å². The standard InChI is InChI=1S/C23H18ClN3O2/c1-2-29-21-9-4-3-8-19(21)27-23(28)17-14-20(15-10-12-25-13-11-15)26-22-16(17)6-5-7-18(22)24/h3-14H,2H2,1H3,(H,27,28). The first-order chi connectivity index (χ1) is 14.2. The topological polar surface area (TPSA) is 64.1 Å². The van der Waals surface area contributed by atoms with Gasteiger partial charge < -0.3 is 10.1 Å². The number of hydrogen-bond acceptors (Lipinski definition) is 4. The average Bonchev–Trinajstić information content (AvgIpc) is 2.75. The lowest BCUT2D eigenvalue weighted by Gasteiger charge is -2.14. The van der Waals surface area contributed by atoms with Gasteiger partial charge in [-0.05, 0) is 43.3 Å². The maximum Gasteiger partial charge on any atom is 0.256 e. The van der Waals surface area contributed by atoms with Gasteiger partial charge in [0.1, 0.15) is 5.75 Å². The molecule has 0 fully saturated rings. The molecule has 1 amide bonds. The van der Waals surface area contributed by atoms with Gasteiger partial charge in [0, 0.05) is 23.3 Å². The summed E-state index contributed by atoms with van der Waals surface area (Å²) in [7, 11) is 0. The van der Waals surface area contributed by atoms with Gasteiger partial charge in [0.15, 0.2) is 0 Å². The molecule has 1 N–H and O–H groups in total. The Bertz CT molecular complexity index is 1180. The molecule has 29 heavy (non-hydrogen) atoms. The Morgan fingerprint density at radius 2 is 1.86 bits per heavy atom. The maximum absolute atomic E-state index is 13.2. The number of carbonyl (C=O) groups excluding carboxylic acids is 1. The number of ether oxygens (including phenoxy) is 1. The molecule has 2 heterocycles. The van der Waals surface area contributed by atoms with E-state index in [9.17, 15) is 4.79 Å². The predicted molar refractivity (Wildman–Crippen MR) is 116 cm³/mol. The summed E-state index contributed by atoms with van der Waals surface area (Å²) in [5.74, 6) is 0.358. The van der Waals surface area contributed by atoms with Crippen LogP contribution in [0.3, 0.4) is 0 Å². The largest absolute Gasteiger partial charge is 0.492 e. The van der Waals surface area contributed by atoms with E-state index in [-0.39, 0.29) is 5.91 Å². The lowest BCUT2D eigenvalue weighted by Crippen LogP contribution is -2.14. The smallest absolute Gasteiger partial charge is 0.256 e. The molecule has 0 atom stereocenters. The Balaban J connectivity index is 1.82. The summed E-state index contributed by atoms with van der Waals surface area (Å²) in [6.45, 7) is 2.41. The third-order valence-corrected chi connectivity index (χ3v) is 4.75. The molecule has 4 rings (SSSR count). The number of anilines is 1. The zero-order chi connectivity index (χ0) is 20.2. The summed E-state index contributed by atoms with van der Waals surface area (Å²) in [6, 6.07) is 18.2. The van der Waals surface area contributed by atoms with Gasteiger partial charge in [0.2, 0.25) is 0 Å². The number of halogens is 1. The van der Waals surface area contributed by atoms with E-state index in [1.165, 1.54) is 0 Å². The van der Waals surface area contributed by atoms with Gasteiger partial charge in [0.05, 0.1) is 34.1 Å². The molecule has 0 saturated carbocycles. The van der Waals surface area contributed by atoms with Crippen LogP contribution in [0.5, 0.6) is 5.75 Å². The van der Waals surface area contributed by atoms with Crippen LogP contribution in [0, 0.1) is 0 Å². The van der Waals surface area contributed by atoms with Crippen LogP contribution in [0.15, 0.2) is 73.1 Å². The van der Waals surface area contributed by atoms with Gasteiger partial charge in [-0.2, -0.15) is 0 Å². The lowest BCUT2D eigenvalue weighted by atomic mass is 10.0. The van der Waals surface area contributed by atoms with Crippen LogP contribution >= 0.6 is 11.6 Å². The Kier molecular flexibility index (Phi) is 5.40. The number of benzene rings is 2. The second-order valence-electron chi connectivity index (χ2n) is 6.31. The van der Waals surface area contributed by atoms with E-state index in [1.54, 1.807) is 24.5 Å². The van der Waals surface area contributed by atoms with E-state index in [0.29, 0.717) is 45.2 Å². The van der Waals surface area contributed by atoms with E-state index in [2.05, 4.69) is 15.3 Å². The molecule has 0 aliphatic rings. The molecule has 0 spiro atoms. The molecular formula is C23H18ClN3O2. The van der Waals surface area contributed by atoms with Crippen molar-refractivity contribution in [1.82, 2.24) is 9.97 Å². The summed E-state index contributed by atoms with van der Waals surface area (Å²) >= 11 is 6.39. The number of hydrogen-bond donors (Lipinski definition) is 1. The average molecular weight is 404 g/mol. The number of rotatable bonds is 5. The number of amides is 1. The summed E-state index contributed by atoms with van der Waals surface area (Å²) in [6.07, 6.45) is 3.37. The highest BCUT2D eigenvalue weighted by atomic mass is 35.5. The van der Waals surface area contributed by atoms with Crippen molar-refractivity contribution in [2.75, 3.05) is 11.9 Å². The minimum atomic E-state index is -0.262. The number of para-hydroxylation sites is 3. The summed E-state index contributed by atoms with van der Waals surface area (Å²) in [5.41, 5.74) is 3.17. The van der Waals surface area contributed by atoms with Gasteiger partial charge in [-0.1, -0.05) is 35.9 Å². The molecule has 2 aromatic heterocycles. The highest BCUT2D eigenvalue weighted by Crippen LogP contribution is 2.30. The van der Waals surface area contributed by atoms with Gasteiger partial charge in [-0.3, -0.25) is 9.78 Å². The Morgan fingerprint density at radius 1 is 1.07 bits per heavy atom. The third-order valence-electron chi connectivity index (χ3n) is 4.45. The maximum atomic E-state index is 13.2. The van der Waals surface area contributed by atoms with Crippen LogP contribution < -0.4 is 10.1 Å². The zero-order valence-electron chi connectivity index (χ0n) is 15.7. The Morgan fingerprint density at radius 3 is 2.66 bits per heavy atom. The fourth-order valence-electron chi connectivity index (χ4n) is 3.11. The molecule has 0 aliphatic heterocycles. The molecule has 0 unspecified atom stereocenters. The zero-order valence-corrected chi connectivity index (χ0v) is 16.5. The summed E-state index contributed by atoms with van der Waals surface area (Å²) < 4.78 is 5.62. The number of pyridine rings is 2. The fraction of sp³-hybridized carbons (Fsp3) is 0.0870. The molecule has 5 nitrogen and oxygen atoms in total. The number of aromatic nitrogens is 2. The van der Waals surface area contributed by atoms with Crippen molar-refractivity contribution in [3.05, 3.63) is 83.6 Å². The minimum absolute atomic E-state index is 0.262. The molecule has 6 heteroatoms. The van der Waals surface area contributed by atoms with Gasteiger partial charge >= 0.3 is 0 Å². The number of carbonyl (C=O) groups is 1. The summed E-state index contributed by atoms with van der Waals surface area (Å²) in [5, 5.41) is 4.13. The molecule has 144 valence electrons. The van der Waals surface area contributed by atoms with Crippen molar-refractivity contribution in [2.45, 2.75) is 6.92 Å². The van der Waals surface area contributed by atoms with Gasteiger partial charge in [-0.15, -0.1) is 0 Å². The lowest BCUT2D eigenvalue weighted by molar-refractivity contribution is 0.102. The number of nitrogens with one attached hydrogen (secondary N) is 1. The molecule has 2 aromatic carbocycles. The van der Waals surface area contributed by atoms with Crippen molar-refractivity contribution < 1.29 is 9.53 Å². The number of fused-ring (bicyclic) bond motifs is 1. The molecule has 0 saturated heterocycles. The van der Waals surface area contributed by atoms with Gasteiger partial charge in [0.25, 0.3) is 5.91 Å². The monoisotopic (exact) mass is 403 g/mol. The normalized spacial score (nSPS) is 10.7. The molecule has 0 aliphatic carbocycles. The molecular weight excluding hydrogens is 386 g/mol. The first kappa shape index (κ1) is 18.9. The Hall–Kier alpha value is -3.44. The predicted octanol–water partition coefficient (Wildman–Crippen LogP) is 5.60. The molecule has 0 bridgehead atoms. The Labute approximate surface area is 173 Å². The molecule has 4 aromatic rings. The van der Waals surface area contributed by atoms with Crippen molar-refractivity contribution in [3.8, 4) is 17.0 Å². The van der Waals surface area contributed by atoms with Crippen molar-refractivity contribution in [1.29, 1.82) is 0 Å². The molecule has 0 radical (unpaired) electrons. The minimum Gasteiger partial charge on any atom is -0.492 e. The quantitative estimate of drug-likeness (QED) is 0.471. The van der Waals surface area contributed by atoms with Crippen LogP contribution in [0.25, 0.3) is 22.2 Å². The van der Waals surface area contributed by atoms with E-state index >= 15 is 0 Å². The van der Waals surface area contributed by atoms with E-state index in [1.807, 2.05) is 55.5 Å². The van der Waals surface area contributed by atoms with Crippen LogP contribution in [0.4, 0.5) is 5.69 Å². The first-order valence-electron chi connectivity index (χ1n) is 9.20. The second-order valence-corrected chi connectivity index (χ2v) is 6.72. The second kappa shape index (κ2) is 8.29. The highest BCUT2D eigenvalue weighted by Gasteiger charge is 2.17. The fourth-order valence-corrected chi connectivity index (χ4v) is 3.33. The third kappa shape index (κ3) is 3.91. The number of nitrogens with zero attached hydrogens (tertiary/aromatic N) is 2. The van der Waals surface area contributed by atoms with Crippen molar-refractivity contribution >= 4 is 34.1 Å². The SMILES string of the molecule is CCOc1ccccc1NC(=O)c1cc(-c2ccncc2)nc2c(Cl)cccc12. The van der Waals surface area contributed by atoms with E-state index < -0.39 is 0 Å². The van der Waals surface area contributed by atoms with Crippen LogP contribution in [-0.2, 0) is 0 Å². The van der Waals surface area contributed by atoms with Crippen LogP contribution in [-0.4, -0.2) is 22.5 Å². The highest BCUT2D eigenvalue weighted by molar-refractivity contribution is 6.35. The van der Waals surface area contributed by atoms with Crippen LogP contribution in [0.2, 0.25) is 5.02 Å². The van der Waals surface area contributed by atoms with Crippen molar-refractivity contribution in [2.24, 2.45) is 0 Å². The van der Waals surface area contributed by atoms with E-state index in [4.69, 9.17) is 16.3 Å². The first-order valence-corrected chi connectivity index (χ1v) is 9.58. The summed E-state index contributed by atoms with van der Waals surface area (Å²) in [4.78, 5) is 22.0. The van der Waals surface area contributed by atoms with Crippen molar-refractivity contribution in [3.63, 3.8) is 0 Å².